The zero-order valence-electron chi connectivity index (χ0n) is 9.85. The minimum atomic E-state index is -2.68. The van der Waals surface area contributed by atoms with Crippen LogP contribution in [0.2, 0.25) is 8.87 Å². The molecule has 2 unspecified atom stereocenters. The molecule has 0 aliphatic heterocycles. The molecule has 0 aliphatic rings. The standard InChI is InChI=1S/C5H12N.C3H7O.C2H5.ClH.Sn/c1-3-4-5(2)6;1-3(2)4;1-2;;/h5H,1,3-4,6H2,2H3;3H,1-2H3;1H2,2H3;1H;/q;-1;;;+2/p-1. The molecule has 4 heteroatoms. The number of nitrogens with two attached hydrogens (primary N) is 1. The van der Waals surface area contributed by atoms with Crippen LogP contribution < -0.4 is 5.73 Å². The van der Waals surface area contributed by atoms with Gasteiger partial charge in [-0.3, -0.25) is 0 Å². The molecule has 14 heavy (non-hydrogen) atoms. The van der Waals surface area contributed by atoms with Crippen LogP contribution in [0.3, 0.4) is 0 Å². The molecule has 0 saturated heterocycles. The molecule has 0 radical (unpaired) electrons. The summed E-state index contributed by atoms with van der Waals surface area (Å²) in [6.45, 7) is 8.32. The first-order valence-corrected chi connectivity index (χ1v) is 14.3. The quantitative estimate of drug-likeness (QED) is 0.728. The van der Waals surface area contributed by atoms with E-state index in [1.807, 2.05) is 6.92 Å². The molecule has 0 amide bonds. The third-order valence-corrected chi connectivity index (χ3v) is 14.5. The molecular weight excluding hydrogens is 304 g/mol. The monoisotopic (exact) mass is 329 g/mol. The average Bonchev–Trinajstić information content (AvgIpc) is 2.02. The third kappa shape index (κ3) is 7.32. The number of hydrogen-bond acceptors (Lipinski definition) is 2. The van der Waals surface area contributed by atoms with Crippen molar-refractivity contribution in [1.82, 2.24) is 0 Å². The van der Waals surface area contributed by atoms with Gasteiger partial charge in [-0.2, -0.15) is 0 Å². The van der Waals surface area contributed by atoms with E-state index in [0.717, 1.165) is 21.7 Å². The first kappa shape index (κ1) is 15.0. The van der Waals surface area contributed by atoms with Crippen LogP contribution in [0.25, 0.3) is 0 Å². The summed E-state index contributed by atoms with van der Waals surface area (Å²) in [5.74, 6) is 0. The second-order valence-electron chi connectivity index (χ2n) is 4.27. The summed E-state index contributed by atoms with van der Waals surface area (Å²) >= 11 is -2.68. The summed E-state index contributed by atoms with van der Waals surface area (Å²) in [6, 6.07) is 0.290. The molecule has 0 aromatic carbocycles. The van der Waals surface area contributed by atoms with Gasteiger partial charge in [-0.05, 0) is 0 Å². The van der Waals surface area contributed by atoms with Crippen molar-refractivity contribution >= 4 is 26.6 Å². The van der Waals surface area contributed by atoms with E-state index in [4.69, 9.17) is 17.7 Å². The Kier molecular flexibility index (Phi) is 7.84. The van der Waals surface area contributed by atoms with Crippen LogP contribution in [-0.4, -0.2) is 29.8 Å². The molecule has 0 spiro atoms. The summed E-state index contributed by atoms with van der Waals surface area (Å²) in [5, 5.41) is 0. The van der Waals surface area contributed by atoms with Gasteiger partial charge in [0.25, 0.3) is 0 Å². The number of hydrogen-bond donors (Lipinski definition) is 1. The van der Waals surface area contributed by atoms with Crippen LogP contribution in [0.15, 0.2) is 0 Å². The van der Waals surface area contributed by atoms with Crippen LogP contribution >= 0.6 is 8.92 Å². The van der Waals surface area contributed by atoms with Crippen LogP contribution in [0.1, 0.15) is 40.5 Å². The normalized spacial score (nSPS) is 18.2. The Hall–Kier alpha value is 1.01. The average molecular weight is 328 g/mol. The molecule has 0 saturated carbocycles. The Morgan fingerprint density at radius 3 is 2.29 bits per heavy atom. The molecule has 2 N–H and O–H groups in total. The molecule has 0 aromatic rings. The summed E-state index contributed by atoms with van der Waals surface area (Å²) < 4.78 is 8.04. The van der Waals surface area contributed by atoms with E-state index in [0.29, 0.717) is 0 Å². The van der Waals surface area contributed by atoms with Gasteiger partial charge < -0.3 is 0 Å². The van der Waals surface area contributed by atoms with Crippen molar-refractivity contribution in [3.8, 4) is 0 Å². The molecule has 0 aromatic heterocycles. The molecule has 2 atom stereocenters. The Labute approximate surface area is 96.7 Å². The van der Waals surface area contributed by atoms with Crippen molar-refractivity contribution in [2.24, 2.45) is 5.73 Å². The molecule has 0 bridgehead atoms. The SMILES string of the molecule is C[CH2][Sn]([Cl])([CH2]CCC(C)N)[O]C(C)C. The summed E-state index contributed by atoms with van der Waals surface area (Å²) in [6.07, 6.45) is 2.46. The van der Waals surface area contributed by atoms with E-state index in [1.54, 1.807) is 0 Å². The third-order valence-electron chi connectivity index (χ3n) is 2.18. The predicted molar refractivity (Wildman–Crippen MR) is 66.0 cm³/mol. The second-order valence-corrected chi connectivity index (χ2v) is 18.1. The first-order chi connectivity index (χ1) is 6.39. The van der Waals surface area contributed by atoms with E-state index in [-0.39, 0.29) is 12.1 Å². The van der Waals surface area contributed by atoms with Crippen LogP contribution in [0.4, 0.5) is 0 Å². The Morgan fingerprint density at radius 2 is 1.93 bits per heavy atom. The first-order valence-electron chi connectivity index (χ1n) is 5.52. The van der Waals surface area contributed by atoms with Gasteiger partial charge >= 0.3 is 96.9 Å². The van der Waals surface area contributed by atoms with E-state index < -0.39 is 17.7 Å². The van der Waals surface area contributed by atoms with Crippen molar-refractivity contribution in [3.63, 3.8) is 0 Å². The fraction of sp³-hybridized carbons (Fsp3) is 1.00. The Bertz CT molecular complexity index is 155. The molecule has 0 heterocycles. The summed E-state index contributed by atoms with van der Waals surface area (Å²) in [4.78, 5) is 0. The van der Waals surface area contributed by atoms with E-state index in [1.165, 1.54) is 0 Å². The minimum absolute atomic E-state index is 0.276. The van der Waals surface area contributed by atoms with Crippen LogP contribution in [-0.2, 0) is 3.07 Å². The van der Waals surface area contributed by atoms with Gasteiger partial charge in [-0.15, -0.1) is 0 Å². The molecule has 0 rings (SSSR count). The van der Waals surface area contributed by atoms with Gasteiger partial charge in [-0.1, -0.05) is 0 Å². The van der Waals surface area contributed by atoms with Gasteiger partial charge in [0.2, 0.25) is 0 Å². The zero-order chi connectivity index (χ0) is 11.2. The number of halogens is 1. The molecule has 2 nitrogen and oxygen atoms in total. The fourth-order valence-electron chi connectivity index (χ4n) is 1.43. The van der Waals surface area contributed by atoms with Crippen LogP contribution in [0.5, 0.6) is 0 Å². The van der Waals surface area contributed by atoms with Crippen molar-refractivity contribution in [3.05, 3.63) is 0 Å². The van der Waals surface area contributed by atoms with E-state index >= 15 is 0 Å². The van der Waals surface area contributed by atoms with Gasteiger partial charge in [-0.25, -0.2) is 0 Å². The van der Waals surface area contributed by atoms with Gasteiger partial charge in [0.05, 0.1) is 0 Å². The van der Waals surface area contributed by atoms with Gasteiger partial charge in [0, 0.05) is 0 Å². The Balaban J connectivity index is 3.86. The molecule has 86 valence electrons. The van der Waals surface area contributed by atoms with Crippen molar-refractivity contribution in [2.45, 2.75) is 61.6 Å². The fourth-order valence-corrected chi connectivity index (χ4v) is 9.84. The van der Waals surface area contributed by atoms with Crippen molar-refractivity contribution < 1.29 is 3.07 Å². The predicted octanol–water partition coefficient (Wildman–Crippen LogP) is 3.24. The number of rotatable bonds is 7. The van der Waals surface area contributed by atoms with Crippen molar-refractivity contribution in [2.75, 3.05) is 0 Å². The zero-order valence-corrected chi connectivity index (χ0v) is 13.5. The topological polar surface area (TPSA) is 35.2 Å². The molecule has 0 aliphatic carbocycles. The van der Waals surface area contributed by atoms with E-state index in [9.17, 15) is 0 Å². The van der Waals surface area contributed by atoms with Gasteiger partial charge in [0.15, 0.2) is 0 Å². The molecule has 0 fully saturated rings. The maximum atomic E-state index is 6.55. The van der Waals surface area contributed by atoms with Crippen LogP contribution in [0, 0.1) is 0 Å². The Morgan fingerprint density at radius 1 is 1.36 bits per heavy atom. The summed E-state index contributed by atoms with van der Waals surface area (Å²) in [5.41, 5.74) is 5.70. The second kappa shape index (κ2) is 7.31. The van der Waals surface area contributed by atoms with E-state index in [2.05, 4.69) is 20.8 Å². The molecular formula is C10H24ClNOSn. The van der Waals surface area contributed by atoms with Crippen molar-refractivity contribution in [1.29, 1.82) is 0 Å². The van der Waals surface area contributed by atoms with Gasteiger partial charge in [0.1, 0.15) is 0 Å². The summed E-state index contributed by atoms with van der Waals surface area (Å²) in [7, 11) is 6.55. The maximum absolute atomic E-state index is 6.55.